The highest BCUT2D eigenvalue weighted by atomic mass is 32.1. The summed E-state index contributed by atoms with van der Waals surface area (Å²) in [5, 5.41) is 3.07. The zero-order valence-electron chi connectivity index (χ0n) is 12.9. The molecule has 0 unspecified atom stereocenters. The van der Waals surface area contributed by atoms with Crippen molar-refractivity contribution in [2.45, 2.75) is 32.4 Å². The lowest BCUT2D eigenvalue weighted by Crippen LogP contribution is -2.52. The molecule has 0 spiro atoms. The molecule has 0 saturated carbocycles. The minimum absolute atomic E-state index is 0.0137. The molecule has 1 aliphatic rings. The average Bonchev–Trinajstić information content (AvgIpc) is 2.84. The van der Waals surface area contributed by atoms with Gasteiger partial charge in [-0.15, -0.1) is 11.3 Å². The van der Waals surface area contributed by atoms with Gasteiger partial charge in [0.15, 0.2) is 0 Å². The number of methoxy groups -OCH3 is 1. The normalized spacial score (nSPS) is 20.3. The van der Waals surface area contributed by atoms with Crippen LogP contribution in [0.5, 0.6) is 0 Å². The smallest absolute Gasteiger partial charge is 0.317 e. The van der Waals surface area contributed by atoms with Crippen LogP contribution in [0.4, 0.5) is 4.79 Å². The topological polar surface area (TPSA) is 50.8 Å². The molecule has 1 aromatic rings. The first-order valence-electron chi connectivity index (χ1n) is 7.29. The molecule has 2 heterocycles. The van der Waals surface area contributed by atoms with E-state index in [0.717, 1.165) is 6.42 Å². The Kier molecular flexibility index (Phi) is 6.02. The van der Waals surface area contributed by atoms with E-state index in [0.29, 0.717) is 26.3 Å². The highest BCUT2D eigenvalue weighted by Crippen LogP contribution is 2.17. The molecule has 6 heteroatoms. The summed E-state index contributed by atoms with van der Waals surface area (Å²) < 4.78 is 10.6. The van der Waals surface area contributed by atoms with Gasteiger partial charge in [0.25, 0.3) is 0 Å². The highest BCUT2D eigenvalue weighted by molar-refractivity contribution is 7.11. The van der Waals surface area contributed by atoms with Crippen molar-refractivity contribution in [2.75, 3.05) is 33.4 Å². The zero-order valence-corrected chi connectivity index (χ0v) is 13.7. The van der Waals surface area contributed by atoms with Crippen molar-refractivity contribution >= 4 is 17.4 Å². The molecule has 0 radical (unpaired) electrons. The van der Waals surface area contributed by atoms with E-state index in [1.807, 2.05) is 11.8 Å². The highest BCUT2D eigenvalue weighted by Gasteiger charge is 2.24. The van der Waals surface area contributed by atoms with Crippen LogP contribution < -0.4 is 5.32 Å². The van der Waals surface area contributed by atoms with Crippen molar-refractivity contribution in [2.24, 2.45) is 0 Å². The van der Waals surface area contributed by atoms with Gasteiger partial charge in [0.05, 0.1) is 25.9 Å². The van der Waals surface area contributed by atoms with E-state index in [9.17, 15) is 4.79 Å². The fraction of sp³-hybridized carbons (Fsp3) is 0.667. The molecule has 0 aromatic carbocycles. The van der Waals surface area contributed by atoms with Gasteiger partial charge < -0.3 is 19.7 Å². The Balaban J connectivity index is 1.80. The molecule has 2 amide bonds. The van der Waals surface area contributed by atoms with Crippen LogP contribution in [0, 0.1) is 6.92 Å². The second kappa shape index (κ2) is 7.77. The number of nitrogens with zero attached hydrogens (tertiary/aromatic N) is 1. The fourth-order valence-corrected chi connectivity index (χ4v) is 3.46. The Morgan fingerprint density at radius 1 is 1.62 bits per heavy atom. The van der Waals surface area contributed by atoms with Crippen molar-refractivity contribution in [3.63, 3.8) is 0 Å². The molecule has 1 aromatic heterocycles. The number of carbonyl (C=O) groups excluding carboxylic acids is 1. The molecule has 2 atom stereocenters. The Bertz CT molecular complexity index is 462. The summed E-state index contributed by atoms with van der Waals surface area (Å²) >= 11 is 1.78. The van der Waals surface area contributed by atoms with Gasteiger partial charge in [-0.2, -0.15) is 0 Å². The van der Waals surface area contributed by atoms with Gasteiger partial charge in [-0.05, 0) is 26.0 Å². The lowest BCUT2D eigenvalue weighted by molar-refractivity contribution is -0.0496. The molecule has 1 fully saturated rings. The molecular weight excluding hydrogens is 288 g/mol. The van der Waals surface area contributed by atoms with Crippen LogP contribution in [0.1, 0.15) is 16.7 Å². The van der Waals surface area contributed by atoms with E-state index in [1.165, 1.54) is 9.75 Å². The van der Waals surface area contributed by atoms with E-state index in [2.05, 4.69) is 24.4 Å². The van der Waals surface area contributed by atoms with Gasteiger partial charge in [0.2, 0.25) is 0 Å². The van der Waals surface area contributed by atoms with Crippen molar-refractivity contribution < 1.29 is 14.3 Å². The molecule has 118 valence electrons. The third kappa shape index (κ3) is 4.98. The SMILES string of the molecule is COC[C@H]1CN(C(=O)N[C@@H](C)Cc2ccc(C)s2)CCO1. The van der Waals surface area contributed by atoms with Gasteiger partial charge in [0, 0.05) is 35.9 Å². The number of thiophene rings is 1. The van der Waals surface area contributed by atoms with Crippen molar-refractivity contribution in [3.05, 3.63) is 21.9 Å². The van der Waals surface area contributed by atoms with Crippen LogP contribution in [0.15, 0.2) is 12.1 Å². The molecule has 2 rings (SSSR count). The first kappa shape index (κ1) is 16.3. The molecule has 1 saturated heterocycles. The predicted molar refractivity (Wildman–Crippen MR) is 83.9 cm³/mol. The van der Waals surface area contributed by atoms with Crippen LogP contribution in [0.25, 0.3) is 0 Å². The number of urea groups is 1. The third-order valence-electron chi connectivity index (χ3n) is 3.45. The predicted octanol–water partition coefficient (Wildman–Crippen LogP) is 2.04. The second-order valence-corrected chi connectivity index (χ2v) is 6.83. The minimum Gasteiger partial charge on any atom is -0.382 e. The van der Waals surface area contributed by atoms with Crippen molar-refractivity contribution in [1.82, 2.24) is 10.2 Å². The number of amides is 2. The van der Waals surface area contributed by atoms with Crippen LogP contribution >= 0.6 is 11.3 Å². The number of hydrogen-bond acceptors (Lipinski definition) is 4. The van der Waals surface area contributed by atoms with E-state index >= 15 is 0 Å². The number of morpholine rings is 1. The largest absolute Gasteiger partial charge is 0.382 e. The maximum absolute atomic E-state index is 12.3. The number of rotatable bonds is 5. The first-order valence-corrected chi connectivity index (χ1v) is 8.11. The van der Waals surface area contributed by atoms with Gasteiger partial charge in [-0.3, -0.25) is 0 Å². The van der Waals surface area contributed by atoms with Gasteiger partial charge in [-0.1, -0.05) is 0 Å². The lowest BCUT2D eigenvalue weighted by atomic mass is 10.2. The fourth-order valence-electron chi connectivity index (χ4n) is 2.44. The maximum atomic E-state index is 12.3. The van der Waals surface area contributed by atoms with Crippen molar-refractivity contribution in [1.29, 1.82) is 0 Å². The summed E-state index contributed by atoms with van der Waals surface area (Å²) in [5.41, 5.74) is 0. The van der Waals surface area contributed by atoms with Crippen LogP contribution in [0.2, 0.25) is 0 Å². The number of ether oxygens (including phenoxy) is 2. The molecule has 0 bridgehead atoms. The molecule has 1 N–H and O–H groups in total. The number of hydrogen-bond donors (Lipinski definition) is 1. The lowest BCUT2D eigenvalue weighted by Gasteiger charge is -2.33. The van der Waals surface area contributed by atoms with E-state index in [1.54, 1.807) is 18.4 Å². The Labute approximate surface area is 130 Å². The number of carbonyl (C=O) groups is 1. The third-order valence-corrected chi connectivity index (χ3v) is 4.47. The zero-order chi connectivity index (χ0) is 15.2. The molecule has 0 aliphatic carbocycles. The summed E-state index contributed by atoms with van der Waals surface area (Å²) in [6.45, 7) is 6.45. The monoisotopic (exact) mass is 312 g/mol. The number of aryl methyl sites for hydroxylation is 1. The van der Waals surface area contributed by atoms with Gasteiger partial charge in [0.1, 0.15) is 0 Å². The summed E-state index contributed by atoms with van der Waals surface area (Å²) in [7, 11) is 1.65. The van der Waals surface area contributed by atoms with Gasteiger partial charge in [-0.25, -0.2) is 4.79 Å². The van der Waals surface area contributed by atoms with Crippen LogP contribution in [-0.2, 0) is 15.9 Å². The summed E-state index contributed by atoms with van der Waals surface area (Å²) in [6.07, 6.45) is 0.848. The Morgan fingerprint density at radius 3 is 3.10 bits per heavy atom. The van der Waals surface area contributed by atoms with Crippen LogP contribution in [-0.4, -0.2) is 56.5 Å². The van der Waals surface area contributed by atoms with E-state index in [4.69, 9.17) is 9.47 Å². The first-order chi connectivity index (χ1) is 10.1. The van der Waals surface area contributed by atoms with E-state index < -0.39 is 0 Å². The molecule has 5 nitrogen and oxygen atoms in total. The average molecular weight is 312 g/mol. The maximum Gasteiger partial charge on any atom is 0.317 e. The Hall–Kier alpha value is -1.11. The van der Waals surface area contributed by atoms with Crippen molar-refractivity contribution in [3.8, 4) is 0 Å². The summed E-state index contributed by atoms with van der Waals surface area (Å²) in [6, 6.07) is 4.36. The number of nitrogens with one attached hydrogen (secondary N) is 1. The van der Waals surface area contributed by atoms with E-state index in [-0.39, 0.29) is 18.2 Å². The standard InChI is InChI=1S/C15H24N2O3S/c1-11(8-14-5-4-12(2)21-14)16-15(18)17-6-7-20-13(9-17)10-19-3/h4-5,11,13H,6-10H2,1-3H3,(H,16,18)/t11-,13+/m0/s1. The summed E-state index contributed by atoms with van der Waals surface area (Å²) in [4.78, 5) is 16.7. The second-order valence-electron chi connectivity index (χ2n) is 5.46. The van der Waals surface area contributed by atoms with Crippen LogP contribution in [0.3, 0.4) is 0 Å². The quantitative estimate of drug-likeness (QED) is 0.905. The molecule has 1 aliphatic heterocycles. The Morgan fingerprint density at radius 2 is 2.43 bits per heavy atom. The molecule has 21 heavy (non-hydrogen) atoms. The van der Waals surface area contributed by atoms with Gasteiger partial charge >= 0.3 is 6.03 Å². The summed E-state index contributed by atoms with van der Waals surface area (Å²) in [5.74, 6) is 0. The minimum atomic E-state index is -0.0234. The molecular formula is C15H24N2O3S.